The number of hydrogen-bond donors (Lipinski definition) is 1. The molecule has 1 aromatic carbocycles. The van der Waals surface area contributed by atoms with Crippen LogP contribution in [-0.4, -0.2) is 11.7 Å². The van der Waals surface area contributed by atoms with E-state index in [1.54, 1.807) is 6.92 Å². The first-order chi connectivity index (χ1) is 6.25. The van der Waals surface area contributed by atoms with Crippen LogP contribution in [0.2, 0.25) is 0 Å². The first kappa shape index (κ1) is 10.1. The van der Waals surface area contributed by atoms with Crippen LogP contribution in [-0.2, 0) is 0 Å². The van der Waals surface area contributed by atoms with Crippen molar-refractivity contribution in [2.24, 2.45) is 0 Å². The number of aliphatic hydroxyl groups is 1. The Morgan fingerprint density at radius 2 is 2.08 bits per heavy atom. The second kappa shape index (κ2) is 4.87. The Morgan fingerprint density at radius 3 is 2.69 bits per heavy atom. The van der Waals surface area contributed by atoms with E-state index in [2.05, 4.69) is 6.92 Å². The molecule has 1 rings (SSSR count). The molecule has 2 nitrogen and oxygen atoms in total. The highest BCUT2D eigenvalue weighted by Crippen LogP contribution is 2.24. The third kappa shape index (κ3) is 2.74. The quantitative estimate of drug-likeness (QED) is 0.771. The van der Waals surface area contributed by atoms with Gasteiger partial charge in [0, 0.05) is 5.56 Å². The predicted molar refractivity (Wildman–Crippen MR) is 52.9 cm³/mol. The van der Waals surface area contributed by atoms with Crippen LogP contribution in [0.3, 0.4) is 0 Å². The van der Waals surface area contributed by atoms with E-state index in [1.807, 2.05) is 24.3 Å². The van der Waals surface area contributed by atoms with Gasteiger partial charge in [0.1, 0.15) is 5.75 Å². The van der Waals surface area contributed by atoms with Gasteiger partial charge in [-0.2, -0.15) is 0 Å². The zero-order valence-electron chi connectivity index (χ0n) is 8.16. The van der Waals surface area contributed by atoms with E-state index in [9.17, 15) is 5.11 Å². The smallest absolute Gasteiger partial charge is 0.125 e. The molecule has 2 heteroatoms. The molecule has 0 saturated heterocycles. The summed E-state index contributed by atoms with van der Waals surface area (Å²) < 4.78 is 5.49. The summed E-state index contributed by atoms with van der Waals surface area (Å²) in [7, 11) is 0. The Bertz CT molecular complexity index is 256. The Kier molecular flexibility index (Phi) is 3.77. The number of para-hydroxylation sites is 1. The SMILES string of the molecule is CCCOc1ccccc1[C@@H](C)O. The van der Waals surface area contributed by atoms with Crippen LogP contribution in [0.5, 0.6) is 5.75 Å². The molecule has 0 aliphatic heterocycles. The maximum absolute atomic E-state index is 9.42. The molecule has 1 atom stereocenters. The van der Waals surface area contributed by atoms with Crippen molar-refractivity contribution in [3.63, 3.8) is 0 Å². The molecule has 0 aliphatic carbocycles. The number of hydrogen-bond acceptors (Lipinski definition) is 2. The third-order valence-corrected chi connectivity index (χ3v) is 1.83. The summed E-state index contributed by atoms with van der Waals surface area (Å²) in [6.45, 7) is 4.50. The number of rotatable bonds is 4. The van der Waals surface area contributed by atoms with Gasteiger partial charge in [-0.05, 0) is 19.4 Å². The molecule has 0 bridgehead atoms. The molecule has 0 aliphatic rings. The van der Waals surface area contributed by atoms with E-state index in [-0.39, 0.29) is 0 Å². The van der Waals surface area contributed by atoms with E-state index >= 15 is 0 Å². The van der Waals surface area contributed by atoms with Gasteiger partial charge in [0.2, 0.25) is 0 Å². The maximum Gasteiger partial charge on any atom is 0.125 e. The lowest BCUT2D eigenvalue weighted by molar-refractivity contribution is 0.191. The number of ether oxygens (including phenoxy) is 1. The molecule has 0 saturated carbocycles. The van der Waals surface area contributed by atoms with Crippen LogP contribution in [0.25, 0.3) is 0 Å². The number of aliphatic hydroxyl groups excluding tert-OH is 1. The maximum atomic E-state index is 9.42. The monoisotopic (exact) mass is 180 g/mol. The average molecular weight is 180 g/mol. The first-order valence-corrected chi connectivity index (χ1v) is 4.65. The van der Waals surface area contributed by atoms with Crippen molar-refractivity contribution in [2.45, 2.75) is 26.4 Å². The summed E-state index contributed by atoms with van der Waals surface area (Å²) in [6.07, 6.45) is 0.516. The molecule has 13 heavy (non-hydrogen) atoms. The molecular weight excluding hydrogens is 164 g/mol. The Balaban J connectivity index is 2.78. The van der Waals surface area contributed by atoms with E-state index < -0.39 is 6.10 Å². The fourth-order valence-electron chi connectivity index (χ4n) is 1.17. The van der Waals surface area contributed by atoms with Crippen LogP contribution in [0.15, 0.2) is 24.3 Å². The minimum Gasteiger partial charge on any atom is -0.493 e. The van der Waals surface area contributed by atoms with Crippen molar-refractivity contribution in [1.82, 2.24) is 0 Å². The molecule has 0 amide bonds. The first-order valence-electron chi connectivity index (χ1n) is 4.65. The second-order valence-corrected chi connectivity index (χ2v) is 3.06. The van der Waals surface area contributed by atoms with Gasteiger partial charge in [0.05, 0.1) is 12.7 Å². The van der Waals surface area contributed by atoms with Crippen molar-refractivity contribution < 1.29 is 9.84 Å². The largest absolute Gasteiger partial charge is 0.493 e. The average Bonchev–Trinajstić information content (AvgIpc) is 2.15. The predicted octanol–water partition coefficient (Wildman–Crippen LogP) is 2.53. The van der Waals surface area contributed by atoms with Gasteiger partial charge >= 0.3 is 0 Å². The fourth-order valence-corrected chi connectivity index (χ4v) is 1.17. The molecule has 1 aromatic rings. The van der Waals surface area contributed by atoms with E-state index in [0.29, 0.717) is 6.61 Å². The van der Waals surface area contributed by atoms with Crippen molar-refractivity contribution in [1.29, 1.82) is 0 Å². The van der Waals surface area contributed by atoms with Gasteiger partial charge in [0.15, 0.2) is 0 Å². The minimum atomic E-state index is -0.465. The summed E-state index contributed by atoms with van der Waals surface area (Å²) in [5.41, 5.74) is 0.857. The normalized spacial score (nSPS) is 12.5. The van der Waals surface area contributed by atoms with Crippen molar-refractivity contribution >= 4 is 0 Å². The summed E-state index contributed by atoms with van der Waals surface area (Å²) in [4.78, 5) is 0. The Morgan fingerprint density at radius 1 is 1.38 bits per heavy atom. The highest BCUT2D eigenvalue weighted by atomic mass is 16.5. The van der Waals surface area contributed by atoms with Gasteiger partial charge in [-0.25, -0.2) is 0 Å². The lowest BCUT2D eigenvalue weighted by Crippen LogP contribution is -2.00. The van der Waals surface area contributed by atoms with Crippen LogP contribution in [0.4, 0.5) is 0 Å². The summed E-state index contributed by atoms with van der Waals surface area (Å²) in [6, 6.07) is 7.59. The highest BCUT2D eigenvalue weighted by molar-refractivity contribution is 5.34. The molecule has 1 N–H and O–H groups in total. The van der Waals surface area contributed by atoms with Crippen LogP contribution >= 0.6 is 0 Å². The zero-order chi connectivity index (χ0) is 9.68. The summed E-state index contributed by atoms with van der Waals surface area (Å²) >= 11 is 0. The van der Waals surface area contributed by atoms with Crippen molar-refractivity contribution in [3.8, 4) is 5.75 Å². The summed E-state index contributed by atoms with van der Waals surface area (Å²) in [5, 5.41) is 9.42. The van der Waals surface area contributed by atoms with Crippen LogP contribution < -0.4 is 4.74 Å². The van der Waals surface area contributed by atoms with Crippen LogP contribution in [0.1, 0.15) is 31.9 Å². The van der Waals surface area contributed by atoms with E-state index in [0.717, 1.165) is 17.7 Å². The van der Waals surface area contributed by atoms with Gasteiger partial charge in [0.25, 0.3) is 0 Å². The zero-order valence-corrected chi connectivity index (χ0v) is 8.16. The molecule has 0 radical (unpaired) electrons. The standard InChI is InChI=1S/C11H16O2/c1-3-8-13-11-7-5-4-6-10(11)9(2)12/h4-7,9,12H,3,8H2,1-2H3/t9-/m1/s1. The van der Waals surface area contributed by atoms with Gasteiger partial charge in [-0.3, -0.25) is 0 Å². The molecule has 0 spiro atoms. The van der Waals surface area contributed by atoms with E-state index in [1.165, 1.54) is 0 Å². The van der Waals surface area contributed by atoms with Gasteiger partial charge in [-0.1, -0.05) is 25.1 Å². The lowest BCUT2D eigenvalue weighted by atomic mass is 10.1. The summed E-state index contributed by atoms with van der Waals surface area (Å²) in [5.74, 6) is 0.791. The second-order valence-electron chi connectivity index (χ2n) is 3.06. The van der Waals surface area contributed by atoms with Gasteiger partial charge < -0.3 is 9.84 Å². The van der Waals surface area contributed by atoms with E-state index in [4.69, 9.17) is 4.74 Å². The Labute approximate surface area is 79.2 Å². The van der Waals surface area contributed by atoms with Crippen molar-refractivity contribution in [3.05, 3.63) is 29.8 Å². The molecule has 0 fully saturated rings. The number of benzene rings is 1. The van der Waals surface area contributed by atoms with Gasteiger partial charge in [-0.15, -0.1) is 0 Å². The molecular formula is C11H16O2. The third-order valence-electron chi connectivity index (χ3n) is 1.83. The Hall–Kier alpha value is -1.02. The molecule has 0 heterocycles. The molecule has 0 unspecified atom stereocenters. The lowest BCUT2D eigenvalue weighted by Gasteiger charge is -2.12. The molecule has 72 valence electrons. The topological polar surface area (TPSA) is 29.5 Å². The minimum absolute atomic E-state index is 0.465. The molecule has 0 aromatic heterocycles. The highest BCUT2D eigenvalue weighted by Gasteiger charge is 2.06. The van der Waals surface area contributed by atoms with Crippen LogP contribution in [0, 0.1) is 0 Å². The van der Waals surface area contributed by atoms with Crippen molar-refractivity contribution in [2.75, 3.05) is 6.61 Å². The fraction of sp³-hybridized carbons (Fsp3) is 0.455.